The Bertz CT molecular complexity index is 1510. The molecule has 0 atom stereocenters. The van der Waals surface area contributed by atoms with E-state index in [1.807, 2.05) is 4.72 Å². The van der Waals surface area contributed by atoms with Crippen LogP contribution in [0.5, 0.6) is 0 Å². The van der Waals surface area contributed by atoms with Crippen LogP contribution in [0.4, 0.5) is 15.8 Å². The molecule has 4 aliphatic rings. The molecule has 8 nitrogen and oxygen atoms in total. The lowest BCUT2D eigenvalue weighted by molar-refractivity contribution is -0.384. The predicted octanol–water partition coefficient (Wildman–Crippen LogP) is 5.76. The first-order valence-electron chi connectivity index (χ1n) is 13.1. The number of nitrogens with one attached hydrogen (secondary N) is 2. The third-order valence-electron chi connectivity index (χ3n) is 8.58. The number of anilines is 1. The summed E-state index contributed by atoms with van der Waals surface area (Å²) in [5, 5.41) is 15.3. The smallest absolute Gasteiger partial charge is 0.293 e. The Morgan fingerprint density at radius 2 is 1.41 bits per heavy atom. The first-order chi connectivity index (χ1) is 18.7. The Morgan fingerprint density at radius 1 is 0.846 bits per heavy atom. The van der Waals surface area contributed by atoms with E-state index in [9.17, 15) is 27.7 Å². The first-order valence-corrected chi connectivity index (χ1v) is 14.6. The summed E-state index contributed by atoms with van der Waals surface area (Å²) in [7, 11) is -4.37. The molecular formula is C29H28FN3O5S. The fourth-order valence-electron chi connectivity index (χ4n) is 6.99. The summed E-state index contributed by atoms with van der Waals surface area (Å²) in [6.07, 6.45) is 5.86. The summed E-state index contributed by atoms with van der Waals surface area (Å²) in [6.45, 7) is 0. The molecule has 2 N–H and O–H groups in total. The van der Waals surface area contributed by atoms with Crippen molar-refractivity contribution in [3.8, 4) is 11.1 Å². The van der Waals surface area contributed by atoms with Gasteiger partial charge in [0.2, 0.25) is 0 Å². The Labute approximate surface area is 225 Å². The first kappa shape index (κ1) is 25.5. The van der Waals surface area contributed by atoms with Crippen LogP contribution in [0.25, 0.3) is 11.1 Å². The number of nitro groups is 1. The number of benzene rings is 3. The zero-order valence-electron chi connectivity index (χ0n) is 21.0. The average Bonchev–Trinajstić information content (AvgIpc) is 2.90. The van der Waals surface area contributed by atoms with E-state index in [4.69, 9.17) is 0 Å². The average molecular weight is 550 g/mol. The van der Waals surface area contributed by atoms with Gasteiger partial charge in [-0.15, -0.1) is 0 Å². The lowest BCUT2D eigenvalue weighted by Crippen LogP contribution is -2.51. The van der Waals surface area contributed by atoms with Crippen molar-refractivity contribution in [1.82, 2.24) is 4.72 Å². The third-order valence-corrected chi connectivity index (χ3v) is 9.91. The van der Waals surface area contributed by atoms with Crippen LogP contribution >= 0.6 is 0 Å². The highest BCUT2D eigenvalue weighted by Gasteiger charge is 2.48. The Hall–Kier alpha value is -3.79. The summed E-state index contributed by atoms with van der Waals surface area (Å²) >= 11 is 0. The molecule has 7 rings (SSSR count). The molecular weight excluding hydrogens is 521 g/mol. The van der Waals surface area contributed by atoms with Crippen LogP contribution < -0.4 is 10.0 Å². The molecule has 0 heterocycles. The van der Waals surface area contributed by atoms with E-state index in [0.29, 0.717) is 17.5 Å². The van der Waals surface area contributed by atoms with Crippen LogP contribution in [0.15, 0.2) is 71.6 Å². The van der Waals surface area contributed by atoms with Gasteiger partial charge in [-0.3, -0.25) is 14.9 Å². The van der Waals surface area contributed by atoms with Gasteiger partial charge in [-0.1, -0.05) is 24.3 Å². The van der Waals surface area contributed by atoms with Gasteiger partial charge in [-0.2, -0.15) is 0 Å². The van der Waals surface area contributed by atoms with Gasteiger partial charge in [0.1, 0.15) is 11.5 Å². The number of hydrogen-bond donors (Lipinski definition) is 2. The zero-order valence-corrected chi connectivity index (χ0v) is 21.9. The quantitative estimate of drug-likeness (QED) is 0.286. The van der Waals surface area contributed by atoms with Crippen molar-refractivity contribution in [3.63, 3.8) is 0 Å². The number of nitro benzene ring substituents is 1. The van der Waals surface area contributed by atoms with E-state index in [0.717, 1.165) is 54.7 Å². The molecule has 4 saturated carbocycles. The van der Waals surface area contributed by atoms with Crippen LogP contribution in [-0.2, 0) is 10.0 Å². The van der Waals surface area contributed by atoms with Crippen LogP contribution in [0, 0.1) is 39.6 Å². The minimum Gasteiger partial charge on any atom is -0.376 e. The van der Waals surface area contributed by atoms with Gasteiger partial charge in [-0.05, 0) is 103 Å². The molecule has 0 aromatic heterocycles. The number of hydrogen-bond acceptors (Lipinski definition) is 6. The molecule has 0 unspecified atom stereocenters. The molecule has 4 aliphatic carbocycles. The minimum absolute atomic E-state index is 0.0964. The van der Waals surface area contributed by atoms with Crippen molar-refractivity contribution >= 4 is 27.3 Å². The van der Waals surface area contributed by atoms with Gasteiger partial charge in [0.25, 0.3) is 21.6 Å². The largest absolute Gasteiger partial charge is 0.376 e. The Kier molecular flexibility index (Phi) is 6.37. The molecule has 1 amide bonds. The highest BCUT2D eigenvalue weighted by molar-refractivity contribution is 7.90. The predicted molar refractivity (Wildman–Crippen MR) is 144 cm³/mol. The molecule has 0 aliphatic heterocycles. The monoisotopic (exact) mass is 549 g/mol. The molecule has 0 spiro atoms. The van der Waals surface area contributed by atoms with Crippen molar-refractivity contribution in [3.05, 3.63) is 88.2 Å². The maximum atomic E-state index is 13.2. The van der Waals surface area contributed by atoms with Gasteiger partial charge >= 0.3 is 0 Å². The topological polar surface area (TPSA) is 118 Å². The molecule has 0 saturated heterocycles. The van der Waals surface area contributed by atoms with E-state index in [1.165, 1.54) is 42.8 Å². The van der Waals surface area contributed by atoms with Crippen LogP contribution in [0.1, 0.15) is 42.5 Å². The lowest BCUT2D eigenvalue weighted by Gasteiger charge is -2.54. The molecule has 3 aromatic rings. The number of sulfonamides is 1. The zero-order chi connectivity index (χ0) is 27.3. The van der Waals surface area contributed by atoms with Gasteiger partial charge < -0.3 is 5.32 Å². The number of nitrogens with zero attached hydrogens (tertiary/aromatic N) is 1. The molecule has 3 aromatic carbocycles. The highest BCUT2D eigenvalue weighted by atomic mass is 32.2. The van der Waals surface area contributed by atoms with Crippen LogP contribution in [-0.4, -0.2) is 25.3 Å². The molecule has 39 heavy (non-hydrogen) atoms. The van der Waals surface area contributed by atoms with E-state index in [-0.39, 0.29) is 28.0 Å². The van der Waals surface area contributed by atoms with E-state index >= 15 is 0 Å². The number of rotatable bonds is 7. The number of carbonyl (C=O) groups is 1. The summed E-state index contributed by atoms with van der Waals surface area (Å²) in [5.41, 5.74) is 1.54. The molecule has 4 bridgehead atoms. The van der Waals surface area contributed by atoms with Gasteiger partial charge in [0.15, 0.2) is 0 Å². The van der Waals surface area contributed by atoms with Crippen LogP contribution in [0.2, 0.25) is 0 Å². The fourth-order valence-corrected chi connectivity index (χ4v) is 7.98. The van der Waals surface area contributed by atoms with Crippen molar-refractivity contribution in [1.29, 1.82) is 0 Å². The lowest BCUT2D eigenvalue weighted by atomic mass is 9.54. The van der Waals surface area contributed by atoms with Gasteiger partial charge in [0, 0.05) is 17.7 Å². The van der Waals surface area contributed by atoms with E-state index < -0.39 is 20.9 Å². The molecule has 0 radical (unpaired) electrons. The van der Waals surface area contributed by atoms with Crippen LogP contribution in [0.3, 0.4) is 0 Å². The second kappa shape index (κ2) is 9.75. The molecule has 10 heteroatoms. The fraction of sp³-hybridized carbons (Fsp3) is 0.345. The molecule has 202 valence electrons. The summed E-state index contributed by atoms with van der Waals surface area (Å²) in [6, 6.07) is 15.9. The third kappa shape index (κ3) is 5.01. The van der Waals surface area contributed by atoms with Crippen molar-refractivity contribution in [2.45, 2.75) is 43.0 Å². The number of halogens is 1. The normalized spacial score (nSPS) is 25.3. The maximum Gasteiger partial charge on any atom is 0.293 e. The van der Waals surface area contributed by atoms with Gasteiger partial charge in [-0.25, -0.2) is 17.5 Å². The minimum atomic E-state index is -4.37. The number of amides is 1. The Morgan fingerprint density at radius 3 is 1.97 bits per heavy atom. The summed E-state index contributed by atoms with van der Waals surface area (Å²) in [4.78, 5) is 23.7. The van der Waals surface area contributed by atoms with E-state index in [2.05, 4.69) is 5.32 Å². The molecule has 4 fully saturated rings. The second-order valence-corrected chi connectivity index (χ2v) is 12.7. The summed E-state index contributed by atoms with van der Waals surface area (Å²) in [5.74, 6) is 1.26. The highest BCUT2D eigenvalue weighted by Crippen LogP contribution is 2.54. The van der Waals surface area contributed by atoms with Gasteiger partial charge in [0.05, 0.1) is 9.82 Å². The number of carbonyl (C=O) groups excluding carboxylic acids is 1. The summed E-state index contributed by atoms with van der Waals surface area (Å²) < 4.78 is 41.2. The van der Waals surface area contributed by atoms with Crippen molar-refractivity contribution < 1.29 is 22.5 Å². The Balaban J connectivity index is 1.18. The second-order valence-electron chi connectivity index (χ2n) is 11.1. The van der Waals surface area contributed by atoms with Crippen molar-refractivity contribution in [2.24, 2.45) is 23.7 Å². The SMILES string of the molecule is O=C(NS(=O)(=O)c1ccc(NC2C3CC4CC(C3)CC2C4)c([N+](=O)[O-])c1)c1ccc(-c2ccc(F)cc2)cc1. The van der Waals surface area contributed by atoms with E-state index in [1.54, 1.807) is 24.3 Å². The standard InChI is InChI=1S/C29H28FN3O5S/c30-24-7-5-20(6-8-24)19-1-3-21(4-2-19)29(34)32-39(37,38)25-9-10-26(27(16-25)33(35)36)31-28-22-12-17-11-18(14-22)15-23(28)13-17/h1-10,16-18,22-23,28,31H,11-15H2,(H,32,34). The van der Waals surface area contributed by atoms with Crippen molar-refractivity contribution in [2.75, 3.05) is 5.32 Å². The maximum absolute atomic E-state index is 13.2.